The molecule has 1 aliphatic rings. The molecule has 0 bridgehead atoms. The number of carbonyl (C=O) groups excluding carboxylic acids is 3. The average molecular weight is 474 g/mol. The molecule has 33 heavy (non-hydrogen) atoms. The van der Waals surface area contributed by atoms with E-state index < -0.39 is 41.1 Å². The van der Waals surface area contributed by atoms with Crippen molar-refractivity contribution >= 4 is 24.2 Å². The van der Waals surface area contributed by atoms with Gasteiger partial charge in [0.05, 0.1) is 18.0 Å². The summed E-state index contributed by atoms with van der Waals surface area (Å²) in [5.74, 6) is -2.79. The minimum Gasteiger partial charge on any atom is -0.339 e. The van der Waals surface area contributed by atoms with E-state index in [4.69, 9.17) is 0 Å². The number of hydrogen-bond donors (Lipinski definition) is 3. The molecule has 1 fully saturated rings. The van der Waals surface area contributed by atoms with E-state index in [2.05, 4.69) is 20.8 Å². The van der Waals surface area contributed by atoms with Crippen molar-refractivity contribution in [2.75, 3.05) is 25.1 Å². The number of alkyl halides is 3. The molecule has 0 unspecified atom stereocenters. The SMILES string of the molecule is CCCCC[C@H](CN(O)C=O)C(=O)NNc1ncc(C(=O)N2CCCCC2)c(C(F)(F)F)n1. The van der Waals surface area contributed by atoms with Crippen LogP contribution in [0.25, 0.3) is 0 Å². The van der Waals surface area contributed by atoms with Gasteiger partial charge in [-0.05, 0) is 25.7 Å². The van der Waals surface area contributed by atoms with Gasteiger partial charge in [-0.1, -0.05) is 26.2 Å². The number of piperidine rings is 1. The number of unbranched alkanes of at least 4 members (excludes halogenated alkanes) is 2. The van der Waals surface area contributed by atoms with Crippen molar-refractivity contribution in [3.05, 3.63) is 17.5 Å². The first-order valence-corrected chi connectivity index (χ1v) is 10.9. The standard InChI is InChI=1S/C20H29F3N6O4/c1-2-3-5-8-14(12-29(33)13-30)17(31)26-27-19-24-11-15(16(25-19)20(21,22)23)18(32)28-9-6-4-7-10-28/h11,13-14,33H,2-10,12H2,1H3,(H,26,31)(H,24,25,27)/t14-/m1/s1. The molecule has 13 heteroatoms. The first-order chi connectivity index (χ1) is 15.7. The van der Waals surface area contributed by atoms with Gasteiger partial charge in [-0.15, -0.1) is 0 Å². The van der Waals surface area contributed by atoms with Gasteiger partial charge in [0.25, 0.3) is 5.91 Å². The molecular formula is C20H29F3N6O4. The van der Waals surface area contributed by atoms with Crippen LogP contribution in [-0.4, -0.2) is 63.0 Å². The van der Waals surface area contributed by atoms with Gasteiger partial charge in [-0.2, -0.15) is 13.2 Å². The third-order valence-electron chi connectivity index (χ3n) is 5.28. The van der Waals surface area contributed by atoms with Crippen LogP contribution in [0.1, 0.15) is 67.9 Å². The first kappa shape index (κ1) is 26.3. The molecule has 3 amide bonds. The van der Waals surface area contributed by atoms with Crippen molar-refractivity contribution in [1.82, 2.24) is 25.4 Å². The predicted octanol–water partition coefficient (Wildman–Crippen LogP) is 2.61. The molecule has 10 nitrogen and oxygen atoms in total. The number of hydrogen-bond acceptors (Lipinski definition) is 7. The van der Waals surface area contributed by atoms with Gasteiger partial charge < -0.3 is 4.90 Å². The van der Waals surface area contributed by atoms with Crippen LogP contribution in [0.5, 0.6) is 0 Å². The van der Waals surface area contributed by atoms with Crippen LogP contribution in [0.4, 0.5) is 19.1 Å². The molecule has 1 aromatic heterocycles. The minimum absolute atomic E-state index is 0.157. The molecule has 0 saturated carbocycles. The van der Waals surface area contributed by atoms with Crippen LogP contribution < -0.4 is 10.9 Å². The zero-order chi connectivity index (χ0) is 24.4. The van der Waals surface area contributed by atoms with Crippen molar-refractivity contribution in [2.45, 2.75) is 58.0 Å². The number of aromatic nitrogens is 2. The van der Waals surface area contributed by atoms with Crippen LogP contribution >= 0.6 is 0 Å². The number of hydroxylamine groups is 2. The minimum atomic E-state index is -4.91. The highest BCUT2D eigenvalue weighted by Crippen LogP contribution is 2.31. The molecule has 1 saturated heterocycles. The summed E-state index contributed by atoms with van der Waals surface area (Å²) in [6, 6.07) is 0. The lowest BCUT2D eigenvalue weighted by Crippen LogP contribution is -2.41. The zero-order valence-electron chi connectivity index (χ0n) is 18.4. The number of rotatable bonds is 11. The number of hydrazine groups is 1. The number of likely N-dealkylation sites (tertiary alicyclic amines) is 1. The Morgan fingerprint density at radius 2 is 1.97 bits per heavy atom. The lowest BCUT2D eigenvalue weighted by molar-refractivity contribution is -0.154. The quantitative estimate of drug-likeness (QED) is 0.195. The maximum absolute atomic E-state index is 13.6. The van der Waals surface area contributed by atoms with E-state index in [1.165, 1.54) is 4.90 Å². The van der Waals surface area contributed by atoms with Crippen molar-refractivity contribution in [1.29, 1.82) is 0 Å². The van der Waals surface area contributed by atoms with Gasteiger partial charge in [-0.25, -0.2) is 15.0 Å². The Kier molecular flexibility index (Phi) is 9.82. The molecule has 0 aromatic carbocycles. The number of nitrogens with zero attached hydrogens (tertiary/aromatic N) is 4. The second-order valence-electron chi connectivity index (χ2n) is 7.84. The van der Waals surface area contributed by atoms with Crippen molar-refractivity contribution in [3.8, 4) is 0 Å². The largest absolute Gasteiger partial charge is 0.434 e. The van der Waals surface area contributed by atoms with Crippen LogP contribution in [0, 0.1) is 5.92 Å². The van der Waals surface area contributed by atoms with E-state index in [1.54, 1.807) is 0 Å². The molecular weight excluding hydrogens is 445 g/mol. The van der Waals surface area contributed by atoms with Gasteiger partial charge >= 0.3 is 6.18 Å². The summed E-state index contributed by atoms with van der Waals surface area (Å²) in [7, 11) is 0. The maximum atomic E-state index is 13.6. The predicted molar refractivity (Wildman–Crippen MR) is 111 cm³/mol. The lowest BCUT2D eigenvalue weighted by Gasteiger charge is -2.27. The van der Waals surface area contributed by atoms with E-state index in [0.29, 0.717) is 43.8 Å². The summed E-state index contributed by atoms with van der Waals surface area (Å²) < 4.78 is 40.8. The second kappa shape index (κ2) is 12.3. The fourth-order valence-electron chi connectivity index (χ4n) is 3.52. The molecule has 184 valence electrons. The Morgan fingerprint density at radius 1 is 1.27 bits per heavy atom. The fraction of sp³-hybridized carbons (Fsp3) is 0.650. The number of amides is 3. The highest BCUT2D eigenvalue weighted by Gasteiger charge is 2.39. The number of nitrogens with one attached hydrogen (secondary N) is 2. The topological polar surface area (TPSA) is 128 Å². The molecule has 0 radical (unpaired) electrons. The lowest BCUT2D eigenvalue weighted by atomic mass is 10.0. The smallest absolute Gasteiger partial charge is 0.339 e. The molecule has 1 aliphatic heterocycles. The summed E-state index contributed by atoms with van der Waals surface area (Å²) in [6.07, 6.45) is 1.11. The third kappa shape index (κ3) is 7.84. The Labute approximate surface area is 189 Å². The Balaban J connectivity index is 2.13. The van der Waals surface area contributed by atoms with E-state index >= 15 is 0 Å². The fourth-order valence-corrected chi connectivity index (χ4v) is 3.52. The normalized spacial score (nSPS) is 15.0. The van der Waals surface area contributed by atoms with Crippen LogP contribution in [0.3, 0.4) is 0 Å². The Hall–Kier alpha value is -2.96. The molecule has 0 spiro atoms. The van der Waals surface area contributed by atoms with Gasteiger partial charge in [0.1, 0.15) is 0 Å². The second-order valence-corrected chi connectivity index (χ2v) is 7.84. The Morgan fingerprint density at radius 3 is 2.58 bits per heavy atom. The van der Waals surface area contributed by atoms with E-state index in [9.17, 15) is 32.8 Å². The van der Waals surface area contributed by atoms with Crippen LogP contribution in [0.15, 0.2) is 6.20 Å². The molecule has 1 atom stereocenters. The Bertz CT molecular complexity index is 817. The summed E-state index contributed by atoms with van der Waals surface area (Å²) in [6.45, 7) is 2.43. The van der Waals surface area contributed by atoms with E-state index in [0.717, 1.165) is 25.5 Å². The van der Waals surface area contributed by atoms with Gasteiger partial charge in [0.15, 0.2) is 5.69 Å². The van der Waals surface area contributed by atoms with Crippen molar-refractivity contribution < 1.29 is 32.8 Å². The van der Waals surface area contributed by atoms with Crippen LogP contribution in [0.2, 0.25) is 0 Å². The number of halogens is 3. The van der Waals surface area contributed by atoms with E-state index in [1.807, 2.05) is 6.92 Å². The highest BCUT2D eigenvalue weighted by atomic mass is 19.4. The summed E-state index contributed by atoms with van der Waals surface area (Å²) in [5, 5.41) is 9.74. The third-order valence-corrected chi connectivity index (χ3v) is 5.28. The average Bonchev–Trinajstić information content (AvgIpc) is 2.81. The molecule has 2 heterocycles. The molecule has 0 aliphatic carbocycles. The van der Waals surface area contributed by atoms with Gasteiger partial charge in [-0.3, -0.25) is 30.4 Å². The molecule has 1 aromatic rings. The molecule has 2 rings (SSSR count). The summed E-state index contributed by atoms with van der Waals surface area (Å²) in [5.41, 5.74) is 2.40. The number of anilines is 1. The first-order valence-electron chi connectivity index (χ1n) is 10.9. The summed E-state index contributed by atoms with van der Waals surface area (Å²) in [4.78, 5) is 44.2. The zero-order valence-corrected chi connectivity index (χ0v) is 18.4. The van der Waals surface area contributed by atoms with Crippen molar-refractivity contribution in [3.63, 3.8) is 0 Å². The summed E-state index contributed by atoms with van der Waals surface area (Å²) >= 11 is 0. The highest BCUT2D eigenvalue weighted by molar-refractivity contribution is 5.95. The molecule has 3 N–H and O–H groups in total. The number of carbonyl (C=O) groups is 3. The monoisotopic (exact) mass is 474 g/mol. The maximum Gasteiger partial charge on any atom is 0.434 e. The van der Waals surface area contributed by atoms with Gasteiger partial charge in [0, 0.05) is 19.3 Å². The van der Waals surface area contributed by atoms with E-state index in [-0.39, 0.29) is 13.0 Å². The van der Waals surface area contributed by atoms with Gasteiger partial charge in [0.2, 0.25) is 18.3 Å². The van der Waals surface area contributed by atoms with Crippen LogP contribution in [-0.2, 0) is 15.8 Å². The van der Waals surface area contributed by atoms with Crippen molar-refractivity contribution in [2.24, 2.45) is 5.92 Å².